The fourth-order valence-corrected chi connectivity index (χ4v) is 2.20. The summed E-state index contributed by atoms with van der Waals surface area (Å²) in [6, 6.07) is 18.1. The van der Waals surface area contributed by atoms with E-state index < -0.39 is 0 Å². The molecule has 0 atom stereocenters. The van der Waals surface area contributed by atoms with Gasteiger partial charge in [-0.3, -0.25) is 0 Å². The first kappa shape index (κ1) is 13.8. The summed E-state index contributed by atoms with van der Waals surface area (Å²) in [4.78, 5) is 0. The van der Waals surface area contributed by atoms with Crippen molar-refractivity contribution in [2.45, 2.75) is 0 Å². The lowest BCUT2D eigenvalue weighted by molar-refractivity contribution is 0.474. The van der Waals surface area contributed by atoms with Gasteiger partial charge in [0.2, 0.25) is 0 Å². The average Bonchev–Trinajstić information content (AvgIpc) is 2.55. The Bertz CT molecular complexity index is 870. The number of rotatable bonds is 3. The molecule has 0 aliphatic rings. The van der Waals surface area contributed by atoms with E-state index in [1.54, 1.807) is 30.3 Å². The smallest absolute Gasteiger partial charge is 0.125 e. The van der Waals surface area contributed by atoms with Crippen molar-refractivity contribution < 1.29 is 10.2 Å². The number of phenols is 2. The largest absolute Gasteiger partial charge is 0.507 e. The third-order valence-electron chi connectivity index (χ3n) is 3.33. The molecule has 0 amide bonds. The zero-order valence-corrected chi connectivity index (χ0v) is 11.7. The molecule has 0 aliphatic carbocycles. The normalized spacial score (nSPS) is 11.6. The van der Waals surface area contributed by atoms with Crippen molar-refractivity contribution in [1.82, 2.24) is 0 Å². The fraction of sp³-hybridized carbons (Fsp3) is 0. The highest BCUT2D eigenvalue weighted by molar-refractivity contribution is 6.02. The van der Waals surface area contributed by atoms with Crippen LogP contribution in [0, 0.1) is 0 Å². The van der Waals surface area contributed by atoms with Crippen LogP contribution in [0.25, 0.3) is 10.8 Å². The predicted molar refractivity (Wildman–Crippen MR) is 88.9 cm³/mol. The van der Waals surface area contributed by atoms with Gasteiger partial charge in [-0.15, -0.1) is 0 Å². The van der Waals surface area contributed by atoms with Crippen molar-refractivity contribution in [2.24, 2.45) is 10.2 Å². The summed E-state index contributed by atoms with van der Waals surface area (Å²) in [5.41, 5.74) is 1.20. The third kappa shape index (κ3) is 2.81. The van der Waals surface area contributed by atoms with Crippen molar-refractivity contribution in [3.05, 3.63) is 71.8 Å². The quantitative estimate of drug-likeness (QED) is 0.570. The van der Waals surface area contributed by atoms with Crippen LogP contribution in [0.2, 0.25) is 0 Å². The Hall–Kier alpha value is -3.14. The Kier molecular flexibility index (Phi) is 3.83. The van der Waals surface area contributed by atoms with Crippen molar-refractivity contribution in [2.75, 3.05) is 0 Å². The molecular formula is C18H14N2O2. The second kappa shape index (κ2) is 6.10. The Morgan fingerprint density at radius 3 is 2.27 bits per heavy atom. The Labute approximate surface area is 127 Å². The summed E-state index contributed by atoms with van der Waals surface area (Å²) >= 11 is 0. The van der Waals surface area contributed by atoms with Gasteiger partial charge in [-0.05, 0) is 29.0 Å². The number of fused-ring (bicyclic) bond motifs is 1. The highest BCUT2D eigenvalue weighted by Gasteiger charge is 2.03. The van der Waals surface area contributed by atoms with Gasteiger partial charge in [-0.1, -0.05) is 42.5 Å². The summed E-state index contributed by atoms with van der Waals surface area (Å²) in [5, 5.41) is 29.4. The van der Waals surface area contributed by atoms with E-state index in [0.717, 1.165) is 10.8 Å². The Morgan fingerprint density at radius 2 is 1.41 bits per heavy atom. The van der Waals surface area contributed by atoms with Gasteiger partial charge < -0.3 is 10.2 Å². The van der Waals surface area contributed by atoms with Crippen LogP contribution in [0.3, 0.4) is 0 Å². The van der Waals surface area contributed by atoms with Crippen LogP contribution < -0.4 is 0 Å². The highest BCUT2D eigenvalue weighted by Crippen LogP contribution is 2.25. The number of para-hydroxylation sites is 1. The first-order valence-electron chi connectivity index (χ1n) is 6.81. The van der Waals surface area contributed by atoms with E-state index in [1.807, 2.05) is 30.3 Å². The van der Waals surface area contributed by atoms with Gasteiger partial charge in [0.05, 0.1) is 12.4 Å². The molecule has 4 heteroatoms. The first-order valence-corrected chi connectivity index (χ1v) is 6.81. The van der Waals surface area contributed by atoms with Gasteiger partial charge in [0.25, 0.3) is 0 Å². The molecule has 4 nitrogen and oxygen atoms in total. The number of benzene rings is 3. The summed E-state index contributed by atoms with van der Waals surface area (Å²) in [6.45, 7) is 0. The number of hydrogen-bond donors (Lipinski definition) is 2. The molecule has 3 rings (SSSR count). The minimum Gasteiger partial charge on any atom is -0.507 e. The zero-order valence-electron chi connectivity index (χ0n) is 11.7. The van der Waals surface area contributed by atoms with E-state index >= 15 is 0 Å². The number of nitrogens with zero attached hydrogens (tertiary/aromatic N) is 2. The molecule has 0 aromatic heterocycles. The summed E-state index contributed by atoms with van der Waals surface area (Å²) in [7, 11) is 0. The maximum absolute atomic E-state index is 9.99. The average molecular weight is 290 g/mol. The Morgan fingerprint density at radius 1 is 0.682 bits per heavy atom. The van der Waals surface area contributed by atoms with Gasteiger partial charge in [0.15, 0.2) is 0 Å². The molecule has 0 unspecified atom stereocenters. The molecule has 0 saturated heterocycles. The topological polar surface area (TPSA) is 65.2 Å². The molecule has 0 heterocycles. The first-order chi connectivity index (χ1) is 10.8. The van der Waals surface area contributed by atoms with Gasteiger partial charge in [-0.2, -0.15) is 10.2 Å². The lowest BCUT2D eigenvalue weighted by Gasteiger charge is -2.03. The van der Waals surface area contributed by atoms with E-state index in [2.05, 4.69) is 10.2 Å². The number of aromatic hydroxyl groups is 2. The molecular weight excluding hydrogens is 276 g/mol. The van der Waals surface area contributed by atoms with Gasteiger partial charge in [-0.25, -0.2) is 0 Å². The van der Waals surface area contributed by atoms with Gasteiger partial charge in [0, 0.05) is 11.1 Å². The van der Waals surface area contributed by atoms with Gasteiger partial charge >= 0.3 is 0 Å². The SMILES string of the molecule is Oc1ccccc1C=NN=Cc1c(O)ccc2ccccc12. The van der Waals surface area contributed by atoms with Crippen molar-refractivity contribution in [3.8, 4) is 11.5 Å². The van der Waals surface area contributed by atoms with Crippen LogP contribution in [-0.2, 0) is 0 Å². The van der Waals surface area contributed by atoms with Crippen LogP contribution in [0.15, 0.2) is 70.9 Å². The molecule has 0 aliphatic heterocycles. The highest BCUT2D eigenvalue weighted by atomic mass is 16.3. The minimum absolute atomic E-state index is 0.148. The van der Waals surface area contributed by atoms with Crippen molar-refractivity contribution in [3.63, 3.8) is 0 Å². The molecule has 0 radical (unpaired) electrons. The second-order valence-electron chi connectivity index (χ2n) is 4.77. The lowest BCUT2D eigenvalue weighted by atomic mass is 10.0. The van der Waals surface area contributed by atoms with Crippen LogP contribution >= 0.6 is 0 Å². The predicted octanol–water partition coefficient (Wildman–Crippen LogP) is 3.70. The van der Waals surface area contributed by atoms with Gasteiger partial charge in [0.1, 0.15) is 11.5 Å². The fourth-order valence-electron chi connectivity index (χ4n) is 2.20. The van der Waals surface area contributed by atoms with Crippen LogP contribution in [0.1, 0.15) is 11.1 Å². The second-order valence-corrected chi connectivity index (χ2v) is 4.77. The summed E-state index contributed by atoms with van der Waals surface area (Å²) in [6.07, 6.45) is 2.97. The molecule has 0 spiro atoms. The molecule has 3 aromatic rings. The van der Waals surface area contributed by atoms with Crippen LogP contribution in [-0.4, -0.2) is 22.6 Å². The maximum atomic E-state index is 9.99. The minimum atomic E-state index is 0.148. The molecule has 108 valence electrons. The van der Waals surface area contributed by atoms with Crippen LogP contribution in [0.4, 0.5) is 0 Å². The standard InChI is InChI=1S/C18H14N2O2/c21-17-8-4-2-6-14(17)11-19-20-12-16-15-7-3-1-5-13(15)9-10-18(16)22/h1-12,21-22H. The number of phenolic OH excluding ortho intramolecular Hbond substituents is 2. The van der Waals surface area contributed by atoms with E-state index in [9.17, 15) is 10.2 Å². The van der Waals surface area contributed by atoms with E-state index in [0.29, 0.717) is 11.1 Å². The zero-order chi connectivity index (χ0) is 15.4. The molecule has 3 aromatic carbocycles. The molecule has 0 fully saturated rings. The lowest BCUT2D eigenvalue weighted by Crippen LogP contribution is -1.86. The van der Waals surface area contributed by atoms with E-state index in [1.165, 1.54) is 12.4 Å². The van der Waals surface area contributed by atoms with Crippen molar-refractivity contribution in [1.29, 1.82) is 0 Å². The maximum Gasteiger partial charge on any atom is 0.125 e. The van der Waals surface area contributed by atoms with E-state index in [4.69, 9.17) is 0 Å². The van der Waals surface area contributed by atoms with Crippen molar-refractivity contribution >= 4 is 23.2 Å². The Balaban J connectivity index is 1.90. The summed E-state index contributed by atoms with van der Waals surface area (Å²) < 4.78 is 0. The third-order valence-corrected chi connectivity index (χ3v) is 3.33. The summed E-state index contributed by atoms with van der Waals surface area (Å²) in [5.74, 6) is 0.301. The number of hydrogen-bond acceptors (Lipinski definition) is 4. The van der Waals surface area contributed by atoms with Crippen LogP contribution in [0.5, 0.6) is 11.5 Å². The molecule has 0 saturated carbocycles. The molecule has 0 bridgehead atoms. The molecule has 2 N–H and O–H groups in total. The molecule has 22 heavy (non-hydrogen) atoms. The monoisotopic (exact) mass is 290 g/mol. The van der Waals surface area contributed by atoms with E-state index in [-0.39, 0.29) is 11.5 Å².